The number of alkyl halides is 2. The van der Waals surface area contributed by atoms with Crippen LogP contribution in [0, 0.1) is 13.8 Å². The summed E-state index contributed by atoms with van der Waals surface area (Å²) in [6.07, 6.45) is 0. The van der Waals surface area contributed by atoms with Gasteiger partial charge in [0, 0.05) is 37.0 Å². The van der Waals surface area contributed by atoms with Crippen LogP contribution in [-0.2, 0) is 20.1 Å². The van der Waals surface area contributed by atoms with E-state index in [1.54, 1.807) is 25.1 Å². The van der Waals surface area contributed by atoms with Crippen molar-refractivity contribution in [3.63, 3.8) is 0 Å². The van der Waals surface area contributed by atoms with Crippen LogP contribution in [0.4, 0.5) is 8.78 Å². The second-order valence-corrected chi connectivity index (χ2v) is 6.38. The monoisotopic (exact) mass is 409 g/mol. The normalized spacial score (nSPS) is 11.7. The standard InChI is InChI=1S/C20H29F2N5O2/c1-6-23-20(25-12-16-13(3)26-27(5)14(16)4)24-11-15-9-8-10-17(28-7-2)18(15)29-19(21)22/h8-10,19H,6-7,11-12H2,1-5H3,(H2,23,24,25). The van der Waals surface area contributed by atoms with Crippen LogP contribution in [0.5, 0.6) is 11.5 Å². The molecule has 0 aliphatic carbocycles. The summed E-state index contributed by atoms with van der Waals surface area (Å²) in [4.78, 5) is 4.52. The molecule has 1 heterocycles. The first-order valence-corrected chi connectivity index (χ1v) is 9.58. The molecule has 0 unspecified atom stereocenters. The zero-order valence-electron chi connectivity index (χ0n) is 17.6. The van der Waals surface area contributed by atoms with Gasteiger partial charge in [0.15, 0.2) is 17.5 Å². The number of benzene rings is 1. The Morgan fingerprint density at radius 3 is 2.59 bits per heavy atom. The molecule has 0 amide bonds. The summed E-state index contributed by atoms with van der Waals surface area (Å²) >= 11 is 0. The summed E-state index contributed by atoms with van der Waals surface area (Å²) in [5.41, 5.74) is 3.63. The highest BCUT2D eigenvalue weighted by Crippen LogP contribution is 2.33. The van der Waals surface area contributed by atoms with Crippen LogP contribution >= 0.6 is 0 Å². The molecule has 1 aromatic heterocycles. The first-order valence-electron chi connectivity index (χ1n) is 9.58. The number of aliphatic imine (C=N–C) groups is 1. The van der Waals surface area contributed by atoms with Gasteiger partial charge in [-0.1, -0.05) is 12.1 Å². The molecule has 0 radical (unpaired) electrons. The van der Waals surface area contributed by atoms with Crippen molar-refractivity contribution in [1.29, 1.82) is 0 Å². The molecule has 9 heteroatoms. The van der Waals surface area contributed by atoms with Gasteiger partial charge in [-0.2, -0.15) is 13.9 Å². The molecule has 0 saturated carbocycles. The maximum atomic E-state index is 12.9. The molecule has 1 aromatic carbocycles. The summed E-state index contributed by atoms with van der Waals surface area (Å²) in [6, 6.07) is 5.03. The van der Waals surface area contributed by atoms with E-state index in [1.165, 1.54) is 0 Å². The van der Waals surface area contributed by atoms with Gasteiger partial charge >= 0.3 is 6.61 Å². The van der Waals surface area contributed by atoms with Gasteiger partial charge in [-0.25, -0.2) is 4.99 Å². The highest BCUT2D eigenvalue weighted by molar-refractivity contribution is 5.79. The predicted molar refractivity (Wildman–Crippen MR) is 109 cm³/mol. The van der Waals surface area contributed by atoms with Gasteiger partial charge in [-0.05, 0) is 33.8 Å². The van der Waals surface area contributed by atoms with Crippen LogP contribution in [0.1, 0.15) is 36.4 Å². The summed E-state index contributed by atoms with van der Waals surface area (Å²) < 4.78 is 37.7. The molecule has 7 nitrogen and oxygen atoms in total. The van der Waals surface area contributed by atoms with E-state index in [2.05, 4.69) is 20.7 Å². The van der Waals surface area contributed by atoms with Crippen molar-refractivity contribution in [3.05, 3.63) is 40.7 Å². The molecular weight excluding hydrogens is 380 g/mol. The molecule has 0 atom stereocenters. The van der Waals surface area contributed by atoms with Crippen molar-refractivity contribution in [1.82, 2.24) is 20.4 Å². The fourth-order valence-corrected chi connectivity index (χ4v) is 2.93. The van der Waals surface area contributed by atoms with Crippen molar-refractivity contribution in [2.75, 3.05) is 13.2 Å². The molecule has 0 fully saturated rings. The number of ether oxygens (including phenoxy) is 2. The lowest BCUT2D eigenvalue weighted by Crippen LogP contribution is -2.37. The van der Waals surface area contributed by atoms with E-state index in [9.17, 15) is 8.78 Å². The predicted octanol–water partition coefficient (Wildman–Crippen LogP) is 3.29. The van der Waals surface area contributed by atoms with Crippen LogP contribution in [0.3, 0.4) is 0 Å². The van der Waals surface area contributed by atoms with Crippen LogP contribution < -0.4 is 20.1 Å². The zero-order valence-corrected chi connectivity index (χ0v) is 17.6. The number of nitrogens with zero attached hydrogens (tertiary/aromatic N) is 3. The molecule has 2 aromatic rings. The van der Waals surface area contributed by atoms with Gasteiger partial charge < -0.3 is 20.1 Å². The number of guanidine groups is 1. The lowest BCUT2D eigenvalue weighted by molar-refractivity contribution is -0.0520. The number of hydrogen-bond donors (Lipinski definition) is 2. The van der Waals surface area contributed by atoms with Gasteiger partial charge in [0.25, 0.3) is 0 Å². The highest BCUT2D eigenvalue weighted by Gasteiger charge is 2.16. The second-order valence-electron chi connectivity index (χ2n) is 6.38. The summed E-state index contributed by atoms with van der Waals surface area (Å²) in [6.45, 7) is 6.49. The Bertz CT molecular complexity index is 837. The van der Waals surface area contributed by atoms with Gasteiger partial charge in [-0.15, -0.1) is 0 Å². The molecule has 160 valence electrons. The smallest absolute Gasteiger partial charge is 0.387 e. The lowest BCUT2D eigenvalue weighted by Gasteiger charge is -2.15. The van der Waals surface area contributed by atoms with E-state index in [-0.39, 0.29) is 18.0 Å². The van der Waals surface area contributed by atoms with Crippen LogP contribution in [0.15, 0.2) is 23.2 Å². The SMILES string of the molecule is CCNC(=NCc1cccc(OCC)c1OC(F)F)NCc1c(C)nn(C)c1C. The van der Waals surface area contributed by atoms with Gasteiger partial charge in [-0.3, -0.25) is 4.68 Å². The third-order valence-electron chi connectivity index (χ3n) is 4.41. The Morgan fingerprint density at radius 2 is 2.00 bits per heavy atom. The molecule has 0 saturated heterocycles. The van der Waals surface area contributed by atoms with Gasteiger partial charge in [0.2, 0.25) is 0 Å². The minimum Gasteiger partial charge on any atom is -0.490 e. The van der Waals surface area contributed by atoms with Crippen LogP contribution in [-0.4, -0.2) is 35.5 Å². The average Bonchev–Trinajstić information content (AvgIpc) is 2.91. The number of hydrogen-bond acceptors (Lipinski definition) is 4. The van der Waals surface area contributed by atoms with E-state index in [0.717, 1.165) is 17.0 Å². The van der Waals surface area contributed by atoms with Crippen molar-refractivity contribution in [3.8, 4) is 11.5 Å². The Labute approximate surface area is 170 Å². The molecule has 2 rings (SSSR count). The number of aromatic nitrogens is 2. The van der Waals surface area contributed by atoms with Crippen molar-refractivity contribution in [2.45, 2.75) is 47.4 Å². The number of halogens is 2. The highest BCUT2D eigenvalue weighted by atomic mass is 19.3. The third kappa shape index (κ3) is 6.07. The second kappa shape index (κ2) is 10.6. The zero-order chi connectivity index (χ0) is 21.4. The Kier molecular flexibility index (Phi) is 8.23. The van der Waals surface area contributed by atoms with E-state index in [0.29, 0.717) is 31.2 Å². The summed E-state index contributed by atoms with van der Waals surface area (Å²) in [5, 5.41) is 10.8. The van der Waals surface area contributed by atoms with Crippen LogP contribution in [0.2, 0.25) is 0 Å². The molecule has 0 spiro atoms. The molecular formula is C20H29F2N5O2. The topological polar surface area (TPSA) is 72.7 Å². The van der Waals surface area contributed by atoms with E-state index >= 15 is 0 Å². The van der Waals surface area contributed by atoms with Gasteiger partial charge in [0.1, 0.15) is 0 Å². The molecule has 29 heavy (non-hydrogen) atoms. The van der Waals surface area contributed by atoms with E-state index in [1.807, 2.05) is 32.5 Å². The molecule has 0 bridgehead atoms. The van der Waals surface area contributed by atoms with Crippen molar-refractivity contribution < 1.29 is 18.3 Å². The maximum Gasteiger partial charge on any atom is 0.387 e. The molecule has 2 N–H and O–H groups in total. The lowest BCUT2D eigenvalue weighted by atomic mass is 10.2. The minimum atomic E-state index is -2.94. The quantitative estimate of drug-likeness (QED) is 0.491. The Balaban J connectivity index is 2.20. The Morgan fingerprint density at radius 1 is 1.24 bits per heavy atom. The number of rotatable bonds is 9. The van der Waals surface area contributed by atoms with E-state index < -0.39 is 6.61 Å². The first-order chi connectivity index (χ1) is 13.9. The molecule has 0 aliphatic heterocycles. The summed E-state index contributed by atoms with van der Waals surface area (Å²) in [5.74, 6) is 0.864. The summed E-state index contributed by atoms with van der Waals surface area (Å²) in [7, 11) is 1.90. The fraction of sp³-hybridized carbons (Fsp3) is 0.500. The van der Waals surface area contributed by atoms with Gasteiger partial charge in [0.05, 0.1) is 18.8 Å². The average molecular weight is 409 g/mol. The van der Waals surface area contributed by atoms with Crippen molar-refractivity contribution in [2.24, 2.45) is 12.0 Å². The number of nitrogens with one attached hydrogen (secondary N) is 2. The van der Waals surface area contributed by atoms with Crippen LogP contribution in [0.25, 0.3) is 0 Å². The Hall–Kier alpha value is -2.84. The fourth-order valence-electron chi connectivity index (χ4n) is 2.93. The minimum absolute atomic E-state index is 0.0166. The largest absolute Gasteiger partial charge is 0.490 e. The van der Waals surface area contributed by atoms with E-state index in [4.69, 9.17) is 9.47 Å². The maximum absolute atomic E-state index is 12.9. The number of aryl methyl sites for hydroxylation is 2. The number of para-hydroxylation sites is 1. The molecule has 0 aliphatic rings. The third-order valence-corrected chi connectivity index (χ3v) is 4.41. The first kappa shape index (κ1) is 22.4. The van der Waals surface area contributed by atoms with Crippen molar-refractivity contribution >= 4 is 5.96 Å².